The second-order valence-electron chi connectivity index (χ2n) is 10.7. The van der Waals surface area contributed by atoms with Crippen LogP contribution in [0.25, 0.3) is 38.5 Å². The summed E-state index contributed by atoms with van der Waals surface area (Å²) in [5, 5.41) is 0.788. The first-order valence-corrected chi connectivity index (χ1v) is 18.4. The minimum absolute atomic E-state index is 0.162. The summed E-state index contributed by atoms with van der Waals surface area (Å²) in [7, 11) is -8.29. The molecule has 0 saturated heterocycles. The fourth-order valence-corrected chi connectivity index (χ4v) is 7.50. The third-order valence-electron chi connectivity index (χ3n) is 7.49. The second kappa shape index (κ2) is 12.7. The molecule has 4 aromatic carbocycles. The first-order chi connectivity index (χ1) is 21.5. The zero-order chi connectivity index (χ0) is 31.6. The second-order valence-corrected chi connectivity index (χ2v) is 14.9. The van der Waals surface area contributed by atoms with Crippen LogP contribution in [0.5, 0.6) is 5.75 Å². The van der Waals surface area contributed by atoms with Crippen molar-refractivity contribution >= 4 is 53.6 Å². The third kappa shape index (κ3) is 7.43. The molecule has 0 saturated carbocycles. The van der Waals surface area contributed by atoms with Crippen molar-refractivity contribution in [2.24, 2.45) is 0 Å². The molecule has 1 aliphatic heterocycles. The summed E-state index contributed by atoms with van der Waals surface area (Å²) in [5.41, 5.74) is 5.71. The van der Waals surface area contributed by atoms with E-state index in [2.05, 4.69) is 6.07 Å². The number of aryl methyl sites for hydroxylation is 1. The Morgan fingerprint density at radius 1 is 0.733 bits per heavy atom. The fraction of sp³-hybridized carbons (Fsp3) is 0.182. The lowest BCUT2D eigenvalue weighted by Crippen LogP contribution is -2.36. The minimum Gasteiger partial charge on any atom is -0.438 e. The first-order valence-electron chi connectivity index (χ1n) is 14.3. The van der Waals surface area contributed by atoms with Gasteiger partial charge < -0.3 is 9.64 Å². The van der Waals surface area contributed by atoms with Crippen LogP contribution in [0.3, 0.4) is 0 Å². The van der Waals surface area contributed by atoms with Crippen LogP contribution < -0.4 is 14.2 Å². The molecule has 1 aromatic heterocycles. The van der Waals surface area contributed by atoms with Crippen molar-refractivity contribution in [3.05, 3.63) is 108 Å². The topological polar surface area (TPSA) is 125 Å². The normalized spacial score (nSPS) is 14.2. The molecule has 0 atom stereocenters. The summed E-state index contributed by atoms with van der Waals surface area (Å²) in [5.74, 6) is 0.310. The fourth-order valence-electron chi connectivity index (χ4n) is 5.41. The highest BCUT2D eigenvalue weighted by molar-refractivity contribution is 7.86. The molecule has 0 radical (unpaired) electrons. The highest BCUT2D eigenvalue weighted by Gasteiger charge is 2.30. The number of nitrogens with zero attached hydrogens (tertiary/aromatic N) is 2. The maximum Gasteiger partial charge on any atom is 0.268 e. The van der Waals surface area contributed by atoms with Crippen molar-refractivity contribution in [2.45, 2.75) is 19.4 Å². The maximum atomic E-state index is 11.5. The molecule has 2 N–H and O–H groups in total. The molecule has 0 bridgehead atoms. The number of hydrogen-bond donors (Lipinski definition) is 2. The number of anilines is 1. The molecular formula is C33H31N2O7S3+. The largest absolute Gasteiger partial charge is 0.438 e. The van der Waals surface area contributed by atoms with Crippen LogP contribution in [0, 0.1) is 0 Å². The Kier molecular flexibility index (Phi) is 8.76. The summed E-state index contributed by atoms with van der Waals surface area (Å²) in [4.78, 5) is 1.90. The molecule has 232 valence electrons. The van der Waals surface area contributed by atoms with Crippen LogP contribution in [-0.4, -0.2) is 44.0 Å². The van der Waals surface area contributed by atoms with Crippen molar-refractivity contribution < 1.29 is 35.2 Å². The monoisotopic (exact) mass is 663 g/mol. The van der Waals surface area contributed by atoms with Crippen molar-refractivity contribution in [3.8, 4) is 28.0 Å². The van der Waals surface area contributed by atoms with Gasteiger partial charge in [0.25, 0.3) is 25.2 Å². The van der Waals surface area contributed by atoms with Gasteiger partial charge in [0.05, 0.1) is 23.3 Å². The Balaban J connectivity index is 1.42. The SMILES string of the molecule is O=S(=O)(O)CCCN1/C(=C\c2sc3ccc(-c4ccccc4)cc3[n+]2CCCS(=O)(=O)O)Oc2ccc(-c3ccccc3)cc21. The van der Waals surface area contributed by atoms with Gasteiger partial charge in [0.2, 0.25) is 11.4 Å². The molecule has 0 fully saturated rings. The van der Waals surface area contributed by atoms with Crippen molar-refractivity contribution in [1.29, 1.82) is 0 Å². The van der Waals surface area contributed by atoms with Gasteiger partial charge >= 0.3 is 0 Å². The average Bonchev–Trinajstić information content (AvgIpc) is 3.53. The highest BCUT2D eigenvalue weighted by atomic mass is 32.2. The maximum absolute atomic E-state index is 11.5. The Hall–Kier alpha value is -4.07. The van der Waals surface area contributed by atoms with Gasteiger partial charge in [-0.1, -0.05) is 84.1 Å². The number of ether oxygens (including phenoxy) is 1. The van der Waals surface area contributed by atoms with Gasteiger partial charge in [-0.2, -0.15) is 21.4 Å². The zero-order valence-electron chi connectivity index (χ0n) is 24.1. The summed E-state index contributed by atoms with van der Waals surface area (Å²) in [6, 6.07) is 31.8. The van der Waals surface area contributed by atoms with Crippen molar-refractivity contribution in [1.82, 2.24) is 0 Å². The Bertz CT molecular complexity index is 2090. The van der Waals surface area contributed by atoms with E-state index in [0.717, 1.165) is 43.2 Å². The number of fused-ring (bicyclic) bond motifs is 2. The van der Waals surface area contributed by atoms with Crippen LogP contribution in [-0.2, 0) is 26.8 Å². The molecule has 45 heavy (non-hydrogen) atoms. The number of hydrogen-bond acceptors (Lipinski definition) is 7. The Morgan fingerprint density at radius 3 is 1.98 bits per heavy atom. The molecule has 2 heterocycles. The highest BCUT2D eigenvalue weighted by Crippen LogP contribution is 2.42. The molecule has 5 aromatic rings. The predicted octanol–water partition coefficient (Wildman–Crippen LogP) is 6.28. The van der Waals surface area contributed by atoms with Gasteiger partial charge in [-0.15, -0.1) is 0 Å². The van der Waals surface area contributed by atoms with E-state index >= 15 is 0 Å². The van der Waals surface area contributed by atoms with E-state index in [4.69, 9.17) is 4.74 Å². The molecule has 0 amide bonds. The van der Waals surface area contributed by atoms with E-state index in [1.807, 2.05) is 107 Å². The van der Waals surface area contributed by atoms with Crippen LogP contribution in [0.4, 0.5) is 5.69 Å². The van der Waals surface area contributed by atoms with Crippen molar-refractivity contribution in [3.63, 3.8) is 0 Å². The van der Waals surface area contributed by atoms with Crippen molar-refractivity contribution in [2.75, 3.05) is 23.0 Å². The molecule has 1 aliphatic rings. The van der Waals surface area contributed by atoms with E-state index in [0.29, 0.717) is 18.2 Å². The number of benzene rings is 4. The third-order valence-corrected chi connectivity index (χ3v) is 10.2. The van der Waals surface area contributed by atoms with Gasteiger partial charge in [-0.25, -0.2) is 0 Å². The molecule has 0 aliphatic carbocycles. The van der Waals surface area contributed by atoms with Crippen LogP contribution in [0.1, 0.15) is 17.8 Å². The smallest absolute Gasteiger partial charge is 0.268 e. The lowest BCUT2D eigenvalue weighted by Gasteiger charge is -2.18. The van der Waals surface area contributed by atoms with Gasteiger partial charge in [-0.05, 0) is 46.9 Å². The Morgan fingerprint density at radius 2 is 1.33 bits per heavy atom. The average molecular weight is 664 g/mol. The number of rotatable bonds is 11. The molecule has 0 spiro atoms. The van der Waals surface area contributed by atoms with E-state index in [-0.39, 0.29) is 25.1 Å². The lowest BCUT2D eigenvalue weighted by atomic mass is 10.0. The van der Waals surface area contributed by atoms with Gasteiger partial charge in [0, 0.05) is 19.0 Å². The first kappa shape index (κ1) is 30.9. The van der Waals surface area contributed by atoms with E-state index in [1.54, 1.807) is 0 Å². The number of aromatic nitrogens is 1. The zero-order valence-corrected chi connectivity index (χ0v) is 26.6. The Labute approximate surface area is 266 Å². The van der Waals surface area contributed by atoms with Gasteiger partial charge in [0.15, 0.2) is 12.3 Å². The van der Waals surface area contributed by atoms with Crippen LogP contribution in [0.2, 0.25) is 0 Å². The summed E-state index contributed by atoms with van der Waals surface area (Å²) < 4.78 is 74.3. The molecule has 9 nitrogen and oxygen atoms in total. The lowest BCUT2D eigenvalue weighted by molar-refractivity contribution is -0.668. The van der Waals surface area contributed by atoms with Gasteiger partial charge in [0.1, 0.15) is 4.70 Å². The molecule has 12 heteroatoms. The summed E-state index contributed by atoms with van der Waals surface area (Å²) in [6.07, 6.45) is 2.23. The molecule has 0 unspecified atom stereocenters. The van der Waals surface area contributed by atoms with Crippen LogP contribution in [0.15, 0.2) is 103 Å². The van der Waals surface area contributed by atoms with E-state index in [1.165, 1.54) is 11.3 Å². The summed E-state index contributed by atoms with van der Waals surface area (Å²) in [6.45, 7) is 0.591. The molecule has 6 rings (SSSR count). The van der Waals surface area contributed by atoms with E-state index in [9.17, 15) is 25.9 Å². The van der Waals surface area contributed by atoms with Gasteiger partial charge in [-0.3, -0.25) is 9.11 Å². The quantitative estimate of drug-likeness (QED) is 0.125. The number of thiazole rings is 1. The summed E-state index contributed by atoms with van der Waals surface area (Å²) >= 11 is 1.51. The predicted molar refractivity (Wildman–Crippen MR) is 177 cm³/mol. The molecular weight excluding hydrogens is 633 g/mol. The minimum atomic E-state index is -4.15. The van der Waals surface area contributed by atoms with Crippen LogP contribution >= 0.6 is 11.3 Å². The standard InChI is InChI=1S/C33H30N2O7S3/c36-44(37,38)19-7-17-34-28-21-26(24-9-3-1-4-10-24)13-15-30(28)42-32(34)23-33-35(18-8-20-45(39,40)41)29-22-27(14-16-31(29)43-33)25-11-5-2-6-12-25/h1-6,9-16,21-23H,7-8,17-20H2,(H-,36,37,38,39,40,41)/p+1. The van der Waals surface area contributed by atoms with E-state index < -0.39 is 26.0 Å².